The molecule has 4 nitrogen and oxygen atoms in total. The molecule has 3 heterocycles. The summed E-state index contributed by atoms with van der Waals surface area (Å²) in [5.41, 5.74) is 2.86. The number of fused-ring (bicyclic) bond motifs is 1. The summed E-state index contributed by atoms with van der Waals surface area (Å²) in [7, 11) is 0. The first kappa shape index (κ1) is 24.4. The van der Waals surface area contributed by atoms with Crippen LogP contribution in [0.4, 0.5) is 4.39 Å². The average molecular weight is 538 g/mol. The van der Waals surface area contributed by atoms with Crippen LogP contribution in [0.25, 0.3) is 27.0 Å². The van der Waals surface area contributed by atoms with Gasteiger partial charge in [-0.25, -0.2) is 4.39 Å². The van der Waals surface area contributed by atoms with Crippen molar-refractivity contribution >= 4 is 52.0 Å². The second kappa shape index (κ2) is 10.4. The molecule has 1 aliphatic heterocycles. The van der Waals surface area contributed by atoms with Gasteiger partial charge >= 0.3 is 0 Å². The average Bonchev–Trinajstić information content (AvgIpc) is 3.61. The highest BCUT2D eigenvalue weighted by Gasteiger charge is 2.26. The first-order valence-electron chi connectivity index (χ1n) is 11.3. The zero-order chi connectivity index (χ0) is 25.2. The third kappa shape index (κ3) is 5.43. The van der Waals surface area contributed by atoms with Gasteiger partial charge in [0.25, 0.3) is 0 Å². The number of halogens is 2. The number of benzene rings is 2. The first-order valence-corrected chi connectivity index (χ1v) is 13.3. The van der Waals surface area contributed by atoms with Gasteiger partial charge in [0.15, 0.2) is 5.78 Å². The SMILES string of the molecule is CC(=O)c1ccc(-c2cc(Cl)c3c(c2)CC(CNC(=O)/C=C/c2ccc(-c4ccc(F)cc4)s2)O3)s1. The Morgan fingerprint density at radius 3 is 2.56 bits per heavy atom. The Labute approximate surface area is 221 Å². The Morgan fingerprint density at radius 2 is 1.81 bits per heavy atom. The fourth-order valence-electron chi connectivity index (χ4n) is 3.97. The Morgan fingerprint density at radius 1 is 1.06 bits per heavy atom. The number of carbonyl (C=O) groups is 2. The largest absolute Gasteiger partial charge is 0.486 e. The predicted octanol–water partition coefficient (Wildman–Crippen LogP) is 7.27. The van der Waals surface area contributed by atoms with Crippen LogP contribution in [0.2, 0.25) is 5.02 Å². The summed E-state index contributed by atoms with van der Waals surface area (Å²) >= 11 is 9.46. The van der Waals surface area contributed by atoms with Crippen LogP contribution in [0, 0.1) is 5.82 Å². The monoisotopic (exact) mass is 537 g/mol. The molecule has 1 amide bonds. The third-order valence-electron chi connectivity index (χ3n) is 5.75. The maximum atomic E-state index is 13.1. The van der Waals surface area contributed by atoms with Crippen LogP contribution in [-0.2, 0) is 11.2 Å². The highest BCUT2D eigenvalue weighted by molar-refractivity contribution is 7.17. The molecule has 36 heavy (non-hydrogen) atoms. The Bertz CT molecular complexity index is 1470. The van der Waals surface area contributed by atoms with Crippen molar-refractivity contribution in [2.45, 2.75) is 19.4 Å². The molecule has 0 fully saturated rings. The molecule has 0 radical (unpaired) electrons. The van der Waals surface area contributed by atoms with Crippen molar-refractivity contribution in [1.29, 1.82) is 0 Å². The van der Waals surface area contributed by atoms with Gasteiger partial charge in [0.05, 0.1) is 16.4 Å². The number of carbonyl (C=O) groups excluding carboxylic acids is 2. The van der Waals surface area contributed by atoms with Gasteiger partial charge in [-0.15, -0.1) is 22.7 Å². The van der Waals surface area contributed by atoms with Crippen molar-refractivity contribution in [2.75, 3.05) is 6.54 Å². The molecule has 4 aromatic rings. The van der Waals surface area contributed by atoms with E-state index in [0.29, 0.717) is 28.6 Å². The summed E-state index contributed by atoms with van der Waals surface area (Å²) in [5.74, 6) is 0.202. The van der Waals surface area contributed by atoms with E-state index in [-0.39, 0.29) is 23.6 Å². The number of thiophene rings is 2. The lowest BCUT2D eigenvalue weighted by atomic mass is 10.1. The molecule has 1 aliphatic rings. The molecule has 8 heteroatoms. The van der Waals surface area contributed by atoms with Crippen molar-refractivity contribution in [3.8, 4) is 26.6 Å². The summed E-state index contributed by atoms with van der Waals surface area (Å²) in [6, 6.07) is 17.9. The molecule has 182 valence electrons. The minimum atomic E-state index is -0.269. The predicted molar refractivity (Wildman–Crippen MR) is 145 cm³/mol. The van der Waals surface area contributed by atoms with Crippen molar-refractivity contribution in [1.82, 2.24) is 5.32 Å². The lowest BCUT2D eigenvalue weighted by Crippen LogP contribution is -2.33. The lowest BCUT2D eigenvalue weighted by molar-refractivity contribution is -0.116. The summed E-state index contributed by atoms with van der Waals surface area (Å²) in [4.78, 5) is 27.6. The van der Waals surface area contributed by atoms with Gasteiger partial charge in [0.1, 0.15) is 17.7 Å². The number of hydrogen-bond acceptors (Lipinski definition) is 5. The van der Waals surface area contributed by atoms with Crippen LogP contribution in [0.15, 0.2) is 66.7 Å². The van der Waals surface area contributed by atoms with E-state index in [2.05, 4.69) is 5.32 Å². The van der Waals surface area contributed by atoms with Gasteiger partial charge in [0.2, 0.25) is 5.91 Å². The van der Waals surface area contributed by atoms with Crippen molar-refractivity contribution in [2.24, 2.45) is 0 Å². The Kier molecular flexibility index (Phi) is 7.05. The van der Waals surface area contributed by atoms with E-state index in [1.165, 1.54) is 40.9 Å². The maximum Gasteiger partial charge on any atom is 0.244 e. The standard InChI is InChI=1S/C28H21ClFNO3S2/c1-16(32)24-9-10-26(36-24)18-12-19-13-21(34-28(19)23(29)14-18)15-31-27(33)11-7-22-6-8-25(35-22)17-2-4-20(30)5-3-17/h2-12,14,21H,13,15H2,1H3,(H,31,33)/b11-7+. The number of hydrogen-bond donors (Lipinski definition) is 1. The molecule has 5 rings (SSSR count). The van der Waals surface area contributed by atoms with Gasteiger partial charge in [-0.2, -0.15) is 0 Å². The fraction of sp³-hybridized carbons (Fsp3) is 0.143. The molecule has 2 aromatic carbocycles. The molecule has 2 aromatic heterocycles. The molecule has 1 atom stereocenters. The molecule has 0 aliphatic carbocycles. The highest BCUT2D eigenvalue weighted by atomic mass is 35.5. The zero-order valence-corrected chi connectivity index (χ0v) is 21.6. The molecule has 0 saturated heterocycles. The van der Waals surface area contributed by atoms with E-state index >= 15 is 0 Å². The van der Waals surface area contributed by atoms with Crippen LogP contribution >= 0.6 is 34.3 Å². The summed E-state index contributed by atoms with van der Waals surface area (Å²) in [6.07, 6.45) is 3.67. The number of Topliss-reactive ketones (excluding diaryl/α,β-unsaturated/α-hetero) is 1. The number of amides is 1. The quantitative estimate of drug-likeness (QED) is 0.199. The fourth-order valence-corrected chi connectivity index (χ4v) is 6.06. The van der Waals surface area contributed by atoms with E-state index in [4.69, 9.17) is 16.3 Å². The zero-order valence-electron chi connectivity index (χ0n) is 19.2. The molecule has 0 saturated carbocycles. The van der Waals surface area contributed by atoms with Crippen LogP contribution in [-0.4, -0.2) is 24.3 Å². The van der Waals surface area contributed by atoms with E-state index in [1.807, 2.05) is 36.4 Å². The first-order chi connectivity index (χ1) is 17.4. The van der Waals surface area contributed by atoms with Gasteiger partial charge in [-0.3, -0.25) is 9.59 Å². The molecule has 1 N–H and O–H groups in total. The molecular weight excluding hydrogens is 517 g/mol. The minimum absolute atomic E-state index is 0.0408. The normalized spacial score (nSPS) is 14.6. The van der Waals surface area contributed by atoms with E-state index in [1.54, 1.807) is 25.1 Å². The Balaban J connectivity index is 1.17. The van der Waals surface area contributed by atoms with Crippen molar-refractivity contribution in [3.63, 3.8) is 0 Å². The van der Waals surface area contributed by atoms with Gasteiger partial charge in [-0.05, 0) is 72.7 Å². The smallest absolute Gasteiger partial charge is 0.244 e. The second-order valence-corrected chi connectivity index (χ2v) is 11.0. The van der Waals surface area contributed by atoms with E-state index < -0.39 is 0 Å². The third-order valence-corrected chi connectivity index (χ3v) is 8.36. The number of rotatable bonds is 7. The highest BCUT2D eigenvalue weighted by Crippen LogP contribution is 2.41. The van der Waals surface area contributed by atoms with Crippen LogP contribution < -0.4 is 10.1 Å². The summed E-state index contributed by atoms with van der Waals surface area (Å²) < 4.78 is 19.1. The van der Waals surface area contributed by atoms with Gasteiger partial charge in [0, 0.05) is 32.7 Å². The summed E-state index contributed by atoms with van der Waals surface area (Å²) in [6.45, 7) is 1.90. The molecular formula is C28H21ClFNO3S2. The maximum absolute atomic E-state index is 13.1. The van der Waals surface area contributed by atoms with Crippen LogP contribution in [0.1, 0.15) is 27.0 Å². The van der Waals surface area contributed by atoms with Gasteiger partial charge in [-0.1, -0.05) is 23.7 Å². The van der Waals surface area contributed by atoms with Crippen LogP contribution in [0.3, 0.4) is 0 Å². The van der Waals surface area contributed by atoms with Crippen LogP contribution in [0.5, 0.6) is 5.75 Å². The van der Waals surface area contributed by atoms with Gasteiger partial charge < -0.3 is 10.1 Å². The molecule has 0 spiro atoms. The van der Waals surface area contributed by atoms with E-state index in [9.17, 15) is 14.0 Å². The summed E-state index contributed by atoms with van der Waals surface area (Å²) in [5, 5.41) is 3.41. The number of ketones is 1. The molecule has 0 bridgehead atoms. The second-order valence-electron chi connectivity index (χ2n) is 8.40. The van der Waals surface area contributed by atoms with Crippen molar-refractivity contribution in [3.05, 3.63) is 92.9 Å². The number of ether oxygens (including phenoxy) is 1. The number of nitrogens with one attached hydrogen (secondary N) is 1. The van der Waals surface area contributed by atoms with Crippen molar-refractivity contribution < 1.29 is 18.7 Å². The minimum Gasteiger partial charge on any atom is -0.486 e. The van der Waals surface area contributed by atoms with E-state index in [0.717, 1.165) is 31.3 Å². The Hall–Kier alpha value is -3.26. The lowest BCUT2D eigenvalue weighted by Gasteiger charge is -2.11. The molecule has 1 unspecified atom stereocenters. The topological polar surface area (TPSA) is 55.4 Å².